The Kier molecular flexibility index (Phi) is 2.07. The van der Waals surface area contributed by atoms with E-state index >= 15 is 0 Å². The van der Waals surface area contributed by atoms with E-state index < -0.39 is 0 Å². The van der Waals surface area contributed by atoms with Gasteiger partial charge in [0.05, 0.1) is 5.69 Å². The van der Waals surface area contributed by atoms with Gasteiger partial charge < -0.3 is 20.2 Å². The molecule has 1 aromatic carbocycles. The largest absolute Gasteiger partial charge is 0.454 e. The first-order valence-corrected chi connectivity index (χ1v) is 6.50. The van der Waals surface area contributed by atoms with Crippen LogP contribution in [-0.4, -0.2) is 16.8 Å². The highest BCUT2D eigenvalue weighted by Gasteiger charge is 2.25. The van der Waals surface area contributed by atoms with Crippen LogP contribution < -0.4 is 15.2 Å². The monoisotopic (exact) mass is 257 g/mol. The predicted octanol–water partition coefficient (Wildman–Crippen LogP) is 2.44. The molecule has 4 rings (SSSR count). The van der Waals surface area contributed by atoms with Crippen molar-refractivity contribution in [3.05, 3.63) is 23.5 Å². The molecule has 2 aromatic rings. The average Bonchev–Trinajstić information content (AvgIpc) is 3.05. The fourth-order valence-electron chi connectivity index (χ4n) is 2.81. The molecule has 2 heterocycles. The number of rotatable bonds is 1. The van der Waals surface area contributed by atoms with Gasteiger partial charge in [-0.15, -0.1) is 0 Å². The number of nitrogens with zero attached hydrogens (tertiary/aromatic N) is 1. The highest BCUT2D eigenvalue weighted by molar-refractivity contribution is 5.76. The normalized spacial score (nSPS) is 19.7. The summed E-state index contributed by atoms with van der Waals surface area (Å²) in [5.41, 5.74) is 10.0. The van der Waals surface area contributed by atoms with E-state index in [0.717, 1.165) is 23.6 Å². The summed E-state index contributed by atoms with van der Waals surface area (Å²) in [6, 6.07) is 3.70. The van der Waals surface area contributed by atoms with Crippen LogP contribution in [-0.2, 0) is 6.42 Å². The van der Waals surface area contributed by atoms with Crippen LogP contribution >= 0.6 is 0 Å². The molecule has 1 atom stereocenters. The van der Waals surface area contributed by atoms with Gasteiger partial charge in [0.15, 0.2) is 11.5 Å². The third-order valence-corrected chi connectivity index (χ3v) is 3.90. The van der Waals surface area contributed by atoms with E-state index in [0.29, 0.717) is 17.4 Å². The summed E-state index contributed by atoms with van der Waals surface area (Å²) in [6.07, 6.45) is 2.24. The van der Waals surface area contributed by atoms with Gasteiger partial charge in [0.25, 0.3) is 0 Å². The van der Waals surface area contributed by atoms with Crippen LogP contribution in [0.3, 0.4) is 0 Å². The van der Waals surface area contributed by atoms with E-state index in [1.807, 2.05) is 6.07 Å². The number of nitrogens with two attached hydrogens (primary N) is 1. The van der Waals surface area contributed by atoms with Gasteiger partial charge in [0.1, 0.15) is 5.82 Å². The maximum atomic E-state index is 6.08. The molecule has 0 spiro atoms. The number of ether oxygens (including phenoxy) is 2. The van der Waals surface area contributed by atoms with E-state index in [1.165, 1.54) is 17.8 Å². The van der Waals surface area contributed by atoms with Crippen molar-refractivity contribution >= 4 is 5.69 Å². The van der Waals surface area contributed by atoms with Crippen molar-refractivity contribution in [1.82, 2.24) is 9.97 Å². The maximum Gasteiger partial charge on any atom is 0.231 e. The minimum atomic E-state index is 0.254. The second-order valence-electron chi connectivity index (χ2n) is 5.18. The molecule has 2 aliphatic rings. The second-order valence-corrected chi connectivity index (χ2v) is 5.18. The van der Waals surface area contributed by atoms with Gasteiger partial charge in [-0.1, -0.05) is 6.92 Å². The Labute approximate surface area is 110 Å². The maximum absolute atomic E-state index is 6.08. The van der Waals surface area contributed by atoms with Crippen LogP contribution in [0.1, 0.15) is 30.7 Å². The van der Waals surface area contributed by atoms with Crippen molar-refractivity contribution in [3.63, 3.8) is 0 Å². The molecular formula is C14H15N3O2. The molecule has 0 amide bonds. The highest BCUT2D eigenvalue weighted by atomic mass is 16.7. The molecule has 3 N–H and O–H groups in total. The van der Waals surface area contributed by atoms with E-state index in [-0.39, 0.29) is 6.79 Å². The first kappa shape index (κ1) is 10.7. The van der Waals surface area contributed by atoms with Crippen molar-refractivity contribution in [2.24, 2.45) is 0 Å². The zero-order valence-electron chi connectivity index (χ0n) is 10.7. The number of hydrogen-bond acceptors (Lipinski definition) is 4. The van der Waals surface area contributed by atoms with Crippen LogP contribution in [0, 0.1) is 0 Å². The SMILES string of the molecule is CC1CCc2[nH]c(-c3cc4c(cc3N)OCO4)nc21. The van der Waals surface area contributed by atoms with E-state index in [4.69, 9.17) is 20.2 Å². The summed E-state index contributed by atoms with van der Waals surface area (Å²) in [7, 11) is 0. The fraction of sp³-hybridized carbons (Fsp3) is 0.357. The molecule has 0 saturated heterocycles. The summed E-state index contributed by atoms with van der Waals surface area (Å²) < 4.78 is 10.7. The highest BCUT2D eigenvalue weighted by Crippen LogP contribution is 2.40. The molecule has 0 saturated carbocycles. The topological polar surface area (TPSA) is 73.2 Å². The zero-order valence-corrected chi connectivity index (χ0v) is 10.7. The van der Waals surface area contributed by atoms with Gasteiger partial charge in [0, 0.05) is 28.9 Å². The minimum absolute atomic E-state index is 0.254. The van der Waals surface area contributed by atoms with Crippen molar-refractivity contribution in [1.29, 1.82) is 0 Å². The quantitative estimate of drug-likeness (QED) is 0.769. The Hall–Kier alpha value is -2.17. The number of nitrogen functional groups attached to an aromatic ring is 1. The van der Waals surface area contributed by atoms with Gasteiger partial charge in [-0.3, -0.25) is 0 Å². The first-order chi connectivity index (χ1) is 9.22. The third kappa shape index (κ3) is 1.51. The fourth-order valence-corrected chi connectivity index (χ4v) is 2.81. The lowest BCUT2D eigenvalue weighted by atomic mass is 10.1. The standard InChI is InChI=1S/C14H15N3O2/c1-7-2-3-10-13(7)17-14(16-10)8-4-11-12(5-9(8)15)19-6-18-11/h4-5,7H,2-3,6,15H2,1H3,(H,16,17). The van der Waals surface area contributed by atoms with Gasteiger partial charge in [-0.25, -0.2) is 4.98 Å². The van der Waals surface area contributed by atoms with Crippen LogP contribution in [0.15, 0.2) is 12.1 Å². The van der Waals surface area contributed by atoms with Crippen molar-refractivity contribution in [3.8, 4) is 22.9 Å². The number of nitrogens with one attached hydrogen (secondary N) is 1. The molecule has 1 aliphatic carbocycles. The Morgan fingerprint density at radius 2 is 2.11 bits per heavy atom. The summed E-state index contributed by atoms with van der Waals surface area (Å²) in [5, 5.41) is 0. The molecule has 5 heteroatoms. The number of H-pyrrole nitrogens is 1. The van der Waals surface area contributed by atoms with Crippen LogP contribution in [0.5, 0.6) is 11.5 Å². The summed E-state index contributed by atoms with van der Waals surface area (Å²) in [4.78, 5) is 8.08. The Morgan fingerprint density at radius 1 is 1.32 bits per heavy atom. The number of aryl methyl sites for hydroxylation is 1. The smallest absolute Gasteiger partial charge is 0.231 e. The Bertz CT molecular complexity index is 663. The summed E-state index contributed by atoms with van der Waals surface area (Å²) in [5.74, 6) is 2.78. The van der Waals surface area contributed by atoms with Crippen LogP contribution in [0.2, 0.25) is 0 Å². The number of aromatic amines is 1. The van der Waals surface area contributed by atoms with E-state index in [9.17, 15) is 0 Å². The van der Waals surface area contributed by atoms with Crippen molar-refractivity contribution in [2.45, 2.75) is 25.7 Å². The molecule has 98 valence electrons. The van der Waals surface area contributed by atoms with Crippen LogP contribution in [0.25, 0.3) is 11.4 Å². The number of anilines is 1. The molecule has 19 heavy (non-hydrogen) atoms. The number of aromatic nitrogens is 2. The first-order valence-electron chi connectivity index (χ1n) is 6.50. The van der Waals surface area contributed by atoms with Gasteiger partial charge in [0.2, 0.25) is 6.79 Å². The van der Waals surface area contributed by atoms with Gasteiger partial charge in [-0.2, -0.15) is 0 Å². The number of hydrogen-bond donors (Lipinski definition) is 2. The minimum Gasteiger partial charge on any atom is -0.454 e. The molecule has 1 aromatic heterocycles. The predicted molar refractivity (Wildman–Crippen MR) is 71.3 cm³/mol. The van der Waals surface area contributed by atoms with Crippen LogP contribution in [0.4, 0.5) is 5.69 Å². The van der Waals surface area contributed by atoms with Crippen molar-refractivity contribution in [2.75, 3.05) is 12.5 Å². The lowest BCUT2D eigenvalue weighted by Crippen LogP contribution is -1.93. The van der Waals surface area contributed by atoms with E-state index in [1.54, 1.807) is 6.07 Å². The second kappa shape index (κ2) is 3.66. The van der Waals surface area contributed by atoms with E-state index in [2.05, 4.69) is 11.9 Å². The molecular weight excluding hydrogens is 242 g/mol. The Balaban J connectivity index is 1.83. The lowest BCUT2D eigenvalue weighted by Gasteiger charge is -2.05. The zero-order chi connectivity index (χ0) is 13.0. The average molecular weight is 257 g/mol. The Morgan fingerprint density at radius 3 is 2.89 bits per heavy atom. The van der Waals surface area contributed by atoms with Crippen molar-refractivity contribution < 1.29 is 9.47 Å². The third-order valence-electron chi connectivity index (χ3n) is 3.90. The lowest BCUT2D eigenvalue weighted by molar-refractivity contribution is 0.174. The molecule has 5 nitrogen and oxygen atoms in total. The van der Waals surface area contributed by atoms with Gasteiger partial charge in [-0.05, 0) is 18.9 Å². The molecule has 1 aliphatic heterocycles. The number of fused-ring (bicyclic) bond motifs is 2. The summed E-state index contributed by atoms with van der Waals surface area (Å²) >= 11 is 0. The number of imidazole rings is 1. The van der Waals surface area contributed by atoms with Gasteiger partial charge >= 0.3 is 0 Å². The number of benzene rings is 1. The molecule has 0 fully saturated rings. The summed E-state index contributed by atoms with van der Waals surface area (Å²) in [6.45, 7) is 2.46. The molecule has 1 unspecified atom stereocenters. The molecule has 0 bridgehead atoms. The molecule has 0 radical (unpaired) electrons.